The van der Waals surface area contributed by atoms with Gasteiger partial charge in [0, 0.05) is 16.7 Å². The van der Waals surface area contributed by atoms with Gasteiger partial charge in [-0.1, -0.05) is 6.92 Å². The number of amides is 1. The van der Waals surface area contributed by atoms with E-state index in [-0.39, 0.29) is 12.3 Å². The van der Waals surface area contributed by atoms with Crippen molar-refractivity contribution in [3.05, 3.63) is 21.4 Å². The van der Waals surface area contributed by atoms with Gasteiger partial charge >= 0.3 is 5.97 Å². The van der Waals surface area contributed by atoms with Gasteiger partial charge in [0.2, 0.25) is 0 Å². The molecule has 5 heteroatoms. The number of fused-ring (bicyclic) bond motifs is 1. The van der Waals surface area contributed by atoms with Crippen LogP contribution in [0.15, 0.2) is 5.38 Å². The molecule has 2 rings (SSSR count). The van der Waals surface area contributed by atoms with Crippen LogP contribution < -0.4 is 5.32 Å². The molecule has 0 spiro atoms. The van der Waals surface area contributed by atoms with Gasteiger partial charge in [0.1, 0.15) is 6.04 Å². The van der Waals surface area contributed by atoms with Crippen molar-refractivity contribution in [2.24, 2.45) is 5.92 Å². The summed E-state index contributed by atoms with van der Waals surface area (Å²) in [6, 6.07) is -1.02. The summed E-state index contributed by atoms with van der Waals surface area (Å²) >= 11 is 1.58. The van der Waals surface area contributed by atoms with Crippen molar-refractivity contribution in [1.82, 2.24) is 5.32 Å². The SMILES string of the molecule is C#CCC(NC(=O)c1csc2c1CCC(C)C2)C(=O)O. The molecule has 4 nitrogen and oxygen atoms in total. The van der Waals surface area contributed by atoms with Crippen molar-refractivity contribution in [2.75, 3.05) is 0 Å². The Morgan fingerprint density at radius 3 is 3.05 bits per heavy atom. The average molecular weight is 291 g/mol. The fourth-order valence-corrected chi connectivity index (χ4v) is 3.67. The molecule has 1 amide bonds. The molecule has 0 aliphatic heterocycles. The molecule has 2 N–H and O–H groups in total. The van der Waals surface area contributed by atoms with Crippen LogP contribution in [0.1, 0.15) is 40.6 Å². The highest BCUT2D eigenvalue weighted by Crippen LogP contribution is 2.32. The van der Waals surface area contributed by atoms with Crippen LogP contribution in [-0.4, -0.2) is 23.0 Å². The maximum absolute atomic E-state index is 12.2. The molecule has 2 atom stereocenters. The second-order valence-corrected chi connectivity index (χ2v) is 6.14. The normalized spacial score (nSPS) is 18.7. The van der Waals surface area contributed by atoms with Gasteiger partial charge < -0.3 is 10.4 Å². The van der Waals surface area contributed by atoms with Crippen molar-refractivity contribution < 1.29 is 14.7 Å². The van der Waals surface area contributed by atoms with Gasteiger partial charge in [0.25, 0.3) is 5.91 Å². The zero-order valence-electron chi connectivity index (χ0n) is 11.3. The maximum atomic E-state index is 12.2. The quantitative estimate of drug-likeness (QED) is 0.835. The lowest BCUT2D eigenvalue weighted by Crippen LogP contribution is -2.40. The van der Waals surface area contributed by atoms with Crippen molar-refractivity contribution >= 4 is 23.2 Å². The largest absolute Gasteiger partial charge is 0.480 e. The third kappa shape index (κ3) is 3.02. The molecule has 2 unspecified atom stereocenters. The van der Waals surface area contributed by atoms with E-state index in [1.165, 1.54) is 4.88 Å². The highest BCUT2D eigenvalue weighted by Gasteiger charge is 2.26. The van der Waals surface area contributed by atoms with Crippen molar-refractivity contribution in [3.63, 3.8) is 0 Å². The van der Waals surface area contributed by atoms with Crippen LogP contribution in [0.2, 0.25) is 0 Å². The minimum atomic E-state index is -1.10. The number of hydrogen-bond donors (Lipinski definition) is 2. The zero-order chi connectivity index (χ0) is 14.7. The maximum Gasteiger partial charge on any atom is 0.327 e. The van der Waals surface area contributed by atoms with Crippen LogP contribution >= 0.6 is 11.3 Å². The van der Waals surface area contributed by atoms with Gasteiger partial charge in [0.15, 0.2) is 0 Å². The summed E-state index contributed by atoms with van der Waals surface area (Å²) in [4.78, 5) is 24.5. The Kier molecular flexibility index (Phi) is 4.46. The van der Waals surface area contributed by atoms with E-state index in [1.54, 1.807) is 11.3 Å². The molecule has 1 aromatic heterocycles. The third-order valence-electron chi connectivity index (χ3n) is 3.57. The van der Waals surface area contributed by atoms with E-state index in [0.717, 1.165) is 24.8 Å². The van der Waals surface area contributed by atoms with E-state index in [2.05, 4.69) is 18.2 Å². The van der Waals surface area contributed by atoms with Crippen LogP contribution in [0.5, 0.6) is 0 Å². The van der Waals surface area contributed by atoms with Gasteiger partial charge in [0.05, 0.1) is 5.56 Å². The first-order valence-corrected chi connectivity index (χ1v) is 7.47. The lowest BCUT2D eigenvalue weighted by molar-refractivity contribution is -0.139. The molecule has 0 radical (unpaired) electrons. The number of carboxylic acids is 1. The van der Waals surface area contributed by atoms with Gasteiger partial charge in [-0.25, -0.2) is 4.79 Å². The molecule has 0 bridgehead atoms. The summed E-state index contributed by atoms with van der Waals surface area (Å²) < 4.78 is 0. The highest BCUT2D eigenvalue weighted by atomic mass is 32.1. The molecule has 0 aromatic carbocycles. The smallest absolute Gasteiger partial charge is 0.327 e. The molecule has 1 aliphatic rings. The van der Waals surface area contributed by atoms with E-state index in [0.29, 0.717) is 11.5 Å². The minimum absolute atomic E-state index is 0.00949. The van der Waals surface area contributed by atoms with Crippen molar-refractivity contribution in [1.29, 1.82) is 0 Å². The molecule has 20 heavy (non-hydrogen) atoms. The number of hydrogen-bond acceptors (Lipinski definition) is 3. The number of nitrogens with one attached hydrogen (secondary N) is 1. The van der Waals surface area contributed by atoms with Crippen LogP contribution in [0.25, 0.3) is 0 Å². The van der Waals surface area contributed by atoms with Crippen LogP contribution in [0.4, 0.5) is 0 Å². The molecule has 0 fully saturated rings. The predicted octanol–water partition coefficient (Wildman–Crippen LogP) is 2.08. The molecule has 0 saturated carbocycles. The van der Waals surface area contributed by atoms with E-state index in [4.69, 9.17) is 11.5 Å². The number of terminal acetylenes is 1. The highest BCUT2D eigenvalue weighted by molar-refractivity contribution is 7.10. The Morgan fingerprint density at radius 1 is 1.65 bits per heavy atom. The number of thiophene rings is 1. The van der Waals surface area contributed by atoms with Crippen molar-refractivity contribution in [3.8, 4) is 12.3 Å². The number of aliphatic carboxylic acids is 1. The van der Waals surface area contributed by atoms with Crippen molar-refractivity contribution in [2.45, 2.75) is 38.6 Å². The van der Waals surface area contributed by atoms with Gasteiger partial charge in [-0.15, -0.1) is 23.7 Å². The molecule has 0 saturated heterocycles. The Labute approximate surface area is 122 Å². The molecular formula is C15H17NO3S. The lowest BCUT2D eigenvalue weighted by atomic mass is 9.88. The molecule has 1 aromatic rings. The number of carbonyl (C=O) groups is 2. The number of carbonyl (C=O) groups excluding carboxylic acids is 1. The standard InChI is InChI=1S/C15H17NO3S/c1-3-4-12(15(18)19)16-14(17)11-8-20-13-7-9(2)5-6-10(11)13/h1,8-9,12H,4-7H2,2H3,(H,16,17)(H,18,19). The molecular weight excluding hydrogens is 274 g/mol. The topological polar surface area (TPSA) is 66.4 Å². The molecule has 1 heterocycles. The Balaban J connectivity index is 2.14. The summed E-state index contributed by atoms with van der Waals surface area (Å²) in [6.07, 6.45) is 8.07. The van der Waals surface area contributed by atoms with E-state index in [9.17, 15) is 9.59 Å². The van der Waals surface area contributed by atoms with Gasteiger partial charge in [-0.3, -0.25) is 4.79 Å². The zero-order valence-corrected chi connectivity index (χ0v) is 12.1. The van der Waals surface area contributed by atoms with Gasteiger partial charge in [-0.2, -0.15) is 0 Å². The predicted molar refractivity (Wildman–Crippen MR) is 77.8 cm³/mol. The van der Waals surface area contributed by atoms with E-state index >= 15 is 0 Å². The lowest BCUT2D eigenvalue weighted by Gasteiger charge is -2.19. The molecule has 106 valence electrons. The van der Waals surface area contributed by atoms with Crippen LogP contribution in [-0.2, 0) is 17.6 Å². The fourth-order valence-electron chi connectivity index (χ4n) is 2.42. The first-order valence-electron chi connectivity index (χ1n) is 6.59. The fraction of sp³-hybridized carbons (Fsp3) is 0.467. The average Bonchev–Trinajstić information content (AvgIpc) is 2.80. The Morgan fingerprint density at radius 2 is 2.40 bits per heavy atom. The van der Waals surface area contributed by atoms with Crippen LogP contribution in [0, 0.1) is 18.3 Å². The monoisotopic (exact) mass is 291 g/mol. The Hall–Kier alpha value is -1.80. The summed E-state index contributed by atoms with van der Waals surface area (Å²) in [6.45, 7) is 2.20. The molecule has 1 aliphatic carbocycles. The van der Waals surface area contributed by atoms with Gasteiger partial charge in [-0.05, 0) is 30.7 Å². The number of rotatable bonds is 4. The van der Waals surface area contributed by atoms with E-state index < -0.39 is 12.0 Å². The second-order valence-electron chi connectivity index (χ2n) is 5.17. The van der Waals surface area contributed by atoms with Crippen LogP contribution in [0.3, 0.4) is 0 Å². The van der Waals surface area contributed by atoms with E-state index in [1.807, 2.05) is 5.38 Å². The third-order valence-corrected chi connectivity index (χ3v) is 4.62. The minimum Gasteiger partial charge on any atom is -0.480 e. The first kappa shape index (κ1) is 14.6. The summed E-state index contributed by atoms with van der Waals surface area (Å²) in [7, 11) is 0. The summed E-state index contributed by atoms with van der Waals surface area (Å²) in [5.41, 5.74) is 1.69. The Bertz CT molecular complexity index is 570. The summed E-state index contributed by atoms with van der Waals surface area (Å²) in [5, 5.41) is 13.3. The number of carboxylic acid groups (broad SMARTS) is 1. The first-order chi connectivity index (χ1) is 9.52. The second kappa shape index (κ2) is 6.10. The summed E-state index contributed by atoms with van der Waals surface area (Å²) in [5.74, 6) is 1.48.